The summed E-state index contributed by atoms with van der Waals surface area (Å²) in [5.41, 5.74) is 4.22. The van der Waals surface area contributed by atoms with Gasteiger partial charge in [-0.2, -0.15) is 0 Å². The predicted octanol–water partition coefficient (Wildman–Crippen LogP) is 3.34. The van der Waals surface area contributed by atoms with E-state index in [-0.39, 0.29) is 5.91 Å². The van der Waals surface area contributed by atoms with E-state index < -0.39 is 0 Å². The third-order valence-corrected chi connectivity index (χ3v) is 5.15. The van der Waals surface area contributed by atoms with Gasteiger partial charge < -0.3 is 9.80 Å². The van der Waals surface area contributed by atoms with E-state index in [0.29, 0.717) is 19.5 Å². The Bertz CT molecular complexity index is 915. The highest BCUT2D eigenvalue weighted by Gasteiger charge is 2.22. The summed E-state index contributed by atoms with van der Waals surface area (Å²) in [7, 11) is 0. The number of piperazine rings is 1. The van der Waals surface area contributed by atoms with Gasteiger partial charge in [0.25, 0.3) is 0 Å². The van der Waals surface area contributed by atoms with Crippen LogP contribution in [0.15, 0.2) is 66.7 Å². The van der Waals surface area contributed by atoms with Crippen LogP contribution in [-0.2, 0) is 11.2 Å². The smallest absolute Gasteiger partial charge is 0.227 e. The second-order valence-electron chi connectivity index (χ2n) is 7.17. The van der Waals surface area contributed by atoms with Gasteiger partial charge in [0, 0.05) is 31.7 Å². The lowest BCUT2D eigenvalue weighted by Gasteiger charge is -2.35. The van der Waals surface area contributed by atoms with E-state index in [0.717, 1.165) is 35.7 Å². The first-order valence-corrected chi connectivity index (χ1v) is 9.66. The molecule has 1 aliphatic heterocycles. The van der Waals surface area contributed by atoms with Crippen molar-refractivity contribution in [2.24, 2.45) is 0 Å². The lowest BCUT2D eigenvalue weighted by atomic mass is 10.1. The zero-order chi connectivity index (χ0) is 19.3. The standard InChI is InChI=1S/C23H24N4O/c1-18-7-9-19(10-8-18)17-23(28)27-15-13-26(14-16-27)22-12-11-21(24-25-22)20-5-3-2-4-6-20/h2-12H,13-17H2,1H3. The fourth-order valence-corrected chi connectivity index (χ4v) is 3.43. The number of aryl methyl sites for hydroxylation is 1. The van der Waals surface area contributed by atoms with Gasteiger partial charge >= 0.3 is 0 Å². The summed E-state index contributed by atoms with van der Waals surface area (Å²) in [5, 5.41) is 8.77. The second kappa shape index (κ2) is 8.21. The molecule has 1 fully saturated rings. The molecule has 2 heterocycles. The Morgan fingerprint density at radius 3 is 2.21 bits per heavy atom. The average Bonchev–Trinajstić information content (AvgIpc) is 2.76. The number of hydrogen-bond donors (Lipinski definition) is 0. The quantitative estimate of drug-likeness (QED) is 0.705. The van der Waals surface area contributed by atoms with E-state index in [4.69, 9.17) is 0 Å². The Hall–Kier alpha value is -3.21. The number of amides is 1. The molecule has 0 radical (unpaired) electrons. The fourth-order valence-electron chi connectivity index (χ4n) is 3.43. The molecule has 5 nitrogen and oxygen atoms in total. The molecular formula is C23H24N4O. The van der Waals surface area contributed by atoms with Crippen LogP contribution in [0.1, 0.15) is 11.1 Å². The van der Waals surface area contributed by atoms with Crippen molar-refractivity contribution in [2.45, 2.75) is 13.3 Å². The number of rotatable bonds is 4. The minimum absolute atomic E-state index is 0.189. The van der Waals surface area contributed by atoms with Crippen LogP contribution in [0.2, 0.25) is 0 Å². The van der Waals surface area contributed by atoms with E-state index in [2.05, 4.69) is 34.2 Å². The molecule has 3 aromatic rings. The van der Waals surface area contributed by atoms with Crippen LogP contribution in [-0.4, -0.2) is 47.2 Å². The van der Waals surface area contributed by atoms with E-state index in [1.807, 2.05) is 59.5 Å². The zero-order valence-electron chi connectivity index (χ0n) is 16.1. The van der Waals surface area contributed by atoms with Gasteiger partial charge in [0.05, 0.1) is 12.1 Å². The lowest BCUT2D eigenvalue weighted by molar-refractivity contribution is -0.130. The van der Waals surface area contributed by atoms with Crippen LogP contribution in [0.3, 0.4) is 0 Å². The van der Waals surface area contributed by atoms with Gasteiger partial charge in [-0.05, 0) is 24.6 Å². The number of benzene rings is 2. The Morgan fingerprint density at radius 1 is 0.857 bits per heavy atom. The molecule has 0 saturated carbocycles. The minimum Gasteiger partial charge on any atom is -0.352 e. The van der Waals surface area contributed by atoms with Gasteiger partial charge in [-0.15, -0.1) is 10.2 Å². The van der Waals surface area contributed by atoms with Gasteiger partial charge in [-0.3, -0.25) is 4.79 Å². The van der Waals surface area contributed by atoms with E-state index in [1.54, 1.807) is 0 Å². The molecule has 1 saturated heterocycles. The Morgan fingerprint density at radius 2 is 1.57 bits per heavy atom. The highest BCUT2D eigenvalue weighted by Crippen LogP contribution is 2.19. The molecule has 0 aliphatic carbocycles. The maximum Gasteiger partial charge on any atom is 0.227 e. The highest BCUT2D eigenvalue weighted by molar-refractivity contribution is 5.79. The van der Waals surface area contributed by atoms with E-state index >= 15 is 0 Å². The highest BCUT2D eigenvalue weighted by atomic mass is 16.2. The molecule has 1 aromatic heterocycles. The number of carbonyl (C=O) groups is 1. The molecule has 0 bridgehead atoms. The summed E-state index contributed by atoms with van der Waals surface area (Å²) >= 11 is 0. The van der Waals surface area contributed by atoms with Crippen LogP contribution in [0.5, 0.6) is 0 Å². The Balaban J connectivity index is 1.33. The predicted molar refractivity (Wildman–Crippen MR) is 111 cm³/mol. The minimum atomic E-state index is 0.189. The summed E-state index contributed by atoms with van der Waals surface area (Å²) in [4.78, 5) is 16.7. The summed E-state index contributed by atoms with van der Waals surface area (Å²) in [6.07, 6.45) is 0.464. The molecule has 1 amide bonds. The van der Waals surface area contributed by atoms with Crippen LogP contribution in [0, 0.1) is 6.92 Å². The molecule has 28 heavy (non-hydrogen) atoms. The third-order valence-electron chi connectivity index (χ3n) is 5.15. The van der Waals surface area contributed by atoms with Crippen molar-refractivity contribution in [3.63, 3.8) is 0 Å². The molecule has 4 rings (SSSR count). The molecule has 142 valence electrons. The summed E-state index contributed by atoms with van der Waals surface area (Å²) in [6, 6.07) is 22.2. The van der Waals surface area contributed by atoms with E-state index in [9.17, 15) is 4.79 Å². The maximum absolute atomic E-state index is 12.6. The SMILES string of the molecule is Cc1ccc(CC(=O)N2CCN(c3ccc(-c4ccccc4)nn3)CC2)cc1. The molecule has 0 spiro atoms. The molecule has 0 unspecified atom stereocenters. The first kappa shape index (κ1) is 18.2. The summed E-state index contributed by atoms with van der Waals surface area (Å²) < 4.78 is 0. The van der Waals surface area contributed by atoms with Crippen molar-refractivity contribution in [1.82, 2.24) is 15.1 Å². The Kier molecular flexibility index (Phi) is 5.33. The molecule has 2 aromatic carbocycles. The van der Waals surface area contributed by atoms with Crippen molar-refractivity contribution < 1.29 is 4.79 Å². The number of nitrogens with zero attached hydrogens (tertiary/aromatic N) is 4. The van der Waals surface area contributed by atoms with Gasteiger partial charge in [0.15, 0.2) is 5.82 Å². The van der Waals surface area contributed by atoms with Crippen molar-refractivity contribution in [1.29, 1.82) is 0 Å². The third kappa shape index (κ3) is 4.19. The van der Waals surface area contributed by atoms with Crippen molar-refractivity contribution in [3.8, 4) is 11.3 Å². The fraction of sp³-hybridized carbons (Fsp3) is 0.261. The Labute approximate surface area is 165 Å². The van der Waals surface area contributed by atoms with E-state index in [1.165, 1.54) is 5.56 Å². The number of carbonyl (C=O) groups excluding carboxylic acids is 1. The van der Waals surface area contributed by atoms with Crippen molar-refractivity contribution in [3.05, 3.63) is 77.9 Å². The van der Waals surface area contributed by atoms with Crippen LogP contribution < -0.4 is 4.90 Å². The maximum atomic E-state index is 12.6. The number of aromatic nitrogens is 2. The molecular weight excluding hydrogens is 348 g/mol. The summed E-state index contributed by atoms with van der Waals surface area (Å²) in [5.74, 6) is 1.05. The monoisotopic (exact) mass is 372 g/mol. The normalized spacial score (nSPS) is 14.2. The molecule has 5 heteroatoms. The second-order valence-corrected chi connectivity index (χ2v) is 7.17. The largest absolute Gasteiger partial charge is 0.352 e. The van der Waals surface area contributed by atoms with Crippen LogP contribution in [0.4, 0.5) is 5.82 Å². The van der Waals surface area contributed by atoms with Gasteiger partial charge in [0.1, 0.15) is 0 Å². The summed E-state index contributed by atoms with van der Waals surface area (Å²) in [6.45, 7) is 5.04. The van der Waals surface area contributed by atoms with Gasteiger partial charge in [-0.1, -0.05) is 60.2 Å². The number of hydrogen-bond acceptors (Lipinski definition) is 4. The van der Waals surface area contributed by atoms with Crippen molar-refractivity contribution >= 4 is 11.7 Å². The topological polar surface area (TPSA) is 49.3 Å². The zero-order valence-corrected chi connectivity index (χ0v) is 16.1. The molecule has 0 N–H and O–H groups in total. The average molecular weight is 372 g/mol. The van der Waals surface area contributed by atoms with Crippen LogP contribution >= 0.6 is 0 Å². The lowest BCUT2D eigenvalue weighted by Crippen LogP contribution is -2.49. The first-order chi connectivity index (χ1) is 13.7. The van der Waals surface area contributed by atoms with Gasteiger partial charge in [0.2, 0.25) is 5.91 Å². The van der Waals surface area contributed by atoms with Crippen LogP contribution in [0.25, 0.3) is 11.3 Å². The molecule has 1 aliphatic rings. The van der Waals surface area contributed by atoms with Gasteiger partial charge in [-0.25, -0.2) is 0 Å². The van der Waals surface area contributed by atoms with Crippen molar-refractivity contribution in [2.75, 3.05) is 31.1 Å². The first-order valence-electron chi connectivity index (χ1n) is 9.66. The number of anilines is 1. The molecule has 0 atom stereocenters.